The van der Waals surface area contributed by atoms with Crippen LogP contribution in [0.25, 0.3) is 0 Å². The summed E-state index contributed by atoms with van der Waals surface area (Å²) in [5.41, 5.74) is 3.87. The van der Waals surface area contributed by atoms with Crippen LogP contribution in [-0.2, 0) is 9.53 Å². The smallest absolute Gasteiger partial charge is 0.305 e. The van der Waals surface area contributed by atoms with Crippen LogP contribution in [-0.4, -0.2) is 46.7 Å². The van der Waals surface area contributed by atoms with Gasteiger partial charge in [-0.05, 0) is 68.4 Å². The number of fused-ring (bicyclic) bond motifs is 1. The molecule has 1 aromatic heterocycles. The van der Waals surface area contributed by atoms with Crippen molar-refractivity contribution in [2.24, 2.45) is 15.9 Å². The Balaban J connectivity index is 1.73. The maximum atomic E-state index is 11.8. The van der Waals surface area contributed by atoms with Crippen molar-refractivity contribution in [3.63, 3.8) is 0 Å². The van der Waals surface area contributed by atoms with Gasteiger partial charge in [0.1, 0.15) is 0 Å². The van der Waals surface area contributed by atoms with E-state index in [0.717, 1.165) is 35.5 Å². The summed E-state index contributed by atoms with van der Waals surface area (Å²) in [6, 6.07) is 10.9. The summed E-state index contributed by atoms with van der Waals surface area (Å²) in [6.07, 6.45) is 5.54. The average Bonchev–Trinajstić information content (AvgIpc) is 3.64. The van der Waals surface area contributed by atoms with Crippen LogP contribution in [0.15, 0.2) is 52.6 Å². The molecule has 1 aliphatic heterocycles. The van der Waals surface area contributed by atoms with Gasteiger partial charge in [0.15, 0.2) is 0 Å². The molecular formula is C24H26ClN3O3. The average molecular weight is 440 g/mol. The summed E-state index contributed by atoms with van der Waals surface area (Å²) in [5, 5.41) is 11.0. The Bertz CT molecular complexity index is 1000. The molecule has 0 radical (unpaired) electrons. The number of aliphatic hydroxyl groups is 1. The molecule has 162 valence electrons. The van der Waals surface area contributed by atoms with Gasteiger partial charge in [-0.15, -0.1) is 0 Å². The highest BCUT2D eigenvalue weighted by Gasteiger charge is 2.31. The number of nitrogens with zero attached hydrogens (tertiary/aromatic N) is 3. The quantitative estimate of drug-likeness (QED) is 0.612. The van der Waals surface area contributed by atoms with Gasteiger partial charge in [0.2, 0.25) is 0 Å². The third-order valence-electron chi connectivity index (χ3n) is 5.77. The molecule has 1 N–H and O–H groups in total. The molecular weight excluding hydrogens is 414 g/mol. The van der Waals surface area contributed by atoms with Crippen molar-refractivity contribution >= 4 is 34.7 Å². The van der Waals surface area contributed by atoms with Crippen LogP contribution >= 0.6 is 11.6 Å². The number of hydrogen-bond acceptors (Lipinski definition) is 6. The maximum Gasteiger partial charge on any atom is 0.305 e. The van der Waals surface area contributed by atoms with E-state index in [9.17, 15) is 9.90 Å². The van der Waals surface area contributed by atoms with E-state index in [0.29, 0.717) is 35.9 Å². The number of benzene rings is 1. The minimum Gasteiger partial charge on any atom is -0.469 e. The monoisotopic (exact) mass is 439 g/mol. The number of carbonyl (C=O) groups is 1. The fraction of sp³-hybridized carbons (Fsp3) is 0.417. The number of aliphatic imine (C=N–C) groups is 2. The SMILES string of the molecule is COC(=O)CC[C@@H]1N=C(c2ccccn2)c2cc(Cl)ccc2N=C1CCC(O)C1CC1. The van der Waals surface area contributed by atoms with E-state index in [1.807, 2.05) is 36.4 Å². The normalized spacial score (nSPS) is 19.0. The lowest BCUT2D eigenvalue weighted by Gasteiger charge is -2.17. The van der Waals surface area contributed by atoms with Gasteiger partial charge in [-0.1, -0.05) is 17.7 Å². The molecule has 0 amide bonds. The zero-order chi connectivity index (χ0) is 21.8. The Morgan fingerprint density at radius 1 is 1.29 bits per heavy atom. The first kappa shape index (κ1) is 21.7. The Kier molecular flexibility index (Phi) is 6.78. The number of hydrogen-bond donors (Lipinski definition) is 1. The predicted molar refractivity (Wildman–Crippen MR) is 121 cm³/mol. The van der Waals surface area contributed by atoms with E-state index in [1.165, 1.54) is 7.11 Å². The first-order chi connectivity index (χ1) is 15.0. The lowest BCUT2D eigenvalue weighted by atomic mass is 9.99. The lowest BCUT2D eigenvalue weighted by Crippen LogP contribution is -2.23. The lowest BCUT2D eigenvalue weighted by molar-refractivity contribution is -0.140. The first-order valence-corrected chi connectivity index (χ1v) is 11.0. The van der Waals surface area contributed by atoms with Gasteiger partial charge < -0.3 is 9.84 Å². The van der Waals surface area contributed by atoms with Crippen LogP contribution in [0.1, 0.15) is 49.8 Å². The molecule has 0 bridgehead atoms. The second-order valence-corrected chi connectivity index (χ2v) is 8.47. The number of carbonyl (C=O) groups excluding carboxylic acids is 1. The fourth-order valence-corrected chi connectivity index (χ4v) is 4.03. The topological polar surface area (TPSA) is 84.1 Å². The third-order valence-corrected chi connectivity index (χ3v) is 6.00. The zero-order valence-electron chi connectivity index (χ0n) is 17.5. The van der Waals surface area contributed by atoms with E-state index in [2.05, 4.69) is 4.98 Å². The standard InChI is InChI=1S/C24H26ClN3O3/c1-31-23(30)12-10-20-19(9-11-22(29)15-5-6-15)27-18-8-7-16(25)14-17(18)24(28-20)21-4-2-3-13-26-21/h2-4,7-8,13-15,20,22,29H,5-6,9-12H2,1H3/t20-,22?/m0/s1. The number of methoxy groups -OCH3 is 1. The summed E-state index contributed by atoms with van der Waals surface area (Å²) in [7, 11) is 1.39. The molecule has 1 unspecified atom stereocenters. The van der Waals surface area contributed by atoms with Crippen LogP contribution < -0.4 is 0 Å². The highest BCUT2D eigenvalue weighted by atomic mass is 35.5. The molecule has 31 heavy (non-hydrogen) atoms. The summed E-state index contributed by atoms with van der Waals surface area (Å²) < 4.78 is 4.84. The van der Waals surface area contributed by atoms with Crippen molar-refractivity contribution < 1.29 is 14.6 Å². The largest absolute Gasteiger partial charge is 0.469 e. The summed E-state index contributed by atoms with van der Waals surface area (Å²) in [4.78, 5) is 26.3. The van der Waals surface area contributed by atoms with E-state index in [-0.39, 0.29) is 24.5 Å². The van der Waals surface area contributed by atoms with Crippen molar-refractivity contribution in [2.45, 2.75) is 50.7 Å². The van der Waals surface area contributed by atoms with E-state index < -0.39 is 0 Å². The van der Waals surface area contributed by atoms with Crippen LogP contribution in [0.4, 0.5) is 5.69 Å². The number of aliphatic hydroxyl groups excluding tert-OH is 1. The Morgan fingerprint density at radius 2 is 2.13 bits per heavy atom. The van der Waals surface area contributed by atoms with Gasteiger partial charge in [-0.2, -0.15) is 0 Å². The molecule has 2 atom stereocenters. The van der Waals surface area contributed by atoms with Crippen LogP contribution in [0.3, 0.4) is 0 Å². The van der Waals surface area contributed by atoms with Crippen molar-refractivity contribution in [1.82, 2.24) is 4.98 Å². The number of halogens is 1. The molecule has 1 aromatic carbocycles. The Labute approximate surface area is 187 Å². The Hall–Kier alpha value is -2.57. The van der Waals surface area contributed by atoms with Crippen LogP contribution in [0, 0.1) is 5.92 Å². The molecule has 1 saturated carbocycles. The highest BCUT2D eigenvalue weighted by molar-refractivity contribution is 6.31. The molecule has 1 fully saturated rings. The molecule has 2 aliphatic rings. The number of pyridine rings is 1. The van der Waals surface area contributed by atoms with Gasteiger partial charge >= 0.3 is 5.97 Å². The second-order valence-electron chi connectivity index (χ2n) is 8.03. The van der Waals surface area contributed by atoms with Crippen molar-refractivity contribution in [1.29, 1.82) is 0 Å². The molecule has 2 heterocycles. The molecule has 1 aliphatic carbocycles. The Morgan fingerprint density at radius 3 is 2.84 bits per heavy atom. The number of ether oxygens (including phenoxy) is 1. The number of rotatable bonds is 8. The van der Waals surface area contributed by atoms with Crippen molar-refractivity contribution in [3.05, 3.63) is 58.9 Å². The van der Waals surface area contributed by atoms with Gasteiger partial charge in [-0.25, -0.2) is 0 Å². The predicted octanol–water partition coefficient (Wildman–Crippen LogP) is 4.53. The molecule has 4 rings (SSSR count). The van der Waals surface area contributed by atoms with Gasteiger partial charge in [0, 0.05) is 28.9 Å². The van der Waals surface area contributed by atoms with E-state index in [1.54, 1.807) is 6.20 Å². The zero-order valence-corrected chi connectivity index (χ0v) is 18.3. The number of aromatic nitrogens is 1. The van der Waals surface area contributed by atoms with Gasteiger partial charge in [-0.3, -0.25) is 19.8 Å². The number of esters is 1. The van der Waals surface area contributed by atoms with E-state index >= 15 is 0 Å². The van der Waals surface area contributed by atoms with Crippen molar-refractivity contribution in [3.8, 4) is 0 Å². The summed E-state index contributed by atoms with van der Waals surface area (Å²) >= 11 is 6.30. The molecule has 2 aromatic rings. The summed E-state index contributed by atoms with van der Waals surface area (Å²) in [5.74, 6) is 0.121. The third kappa shape index (κ3) is 5.38. The fourth-order valence-electron chi connectivity index (χ4n) is 3.85. The molecule has 0 saturated heterocycles. The van der Waals surface area contributed by atoms with Crippen LogP contribution in [0.5, 0.6) is 0 Å². The van der Waals surface area contributed by atoms with Crippen molar-refractivity contribution in [2.75, 3.05) is 7.11 Å². The molecule has 6 nitrogen and oxygen atoms in total. The first-order valence-electron chi connectivity index (χ1n) is 10.7. The minimum absolute atomic E-state index is 0.238. The highest BCUT2D eigenvalue weighted by Crippen LogP contribution is 2.35. The maximum absolute atomic E-state index is 11.8. The molecule has 7 heteroatoms. The molecule has 0 spiro atoms. The minimum atomic E-state index is -0.323. The second kappa shape index (κ2) is 9.71. The van der Waals surface area contributed by atoms with E-state index in [4.69, 9.17) is 26.3 Å². The van der Waals surface area contributed by atoms with Gasteiger partial charge in [0.25, 0.3) is 0 Å². The van der Waals surface area contributed by atoms with Crippen LogP contribution in [0.2, 0.25) is 5.02 Å². The van der Waals surface area contributed by atoms with Gasteiger partial charge in [0.05, 0.1) is 36.3 Å². The summed E-state index contributed by atoms with van der Waals surface area (Å²) in [6.45, 7) is 0.